The lowest BCUT2D eigenvalue weighted by molar-refractivity contribution is -0.137. The van der Waals surface area contributed by atoms with E-state index in [1.165, 1.54) is 11.5 Å². The third-order valence-corrected chi connectivity index (χ3v) is 3.71. The van der Waals surface area contributed by atoms with Crippen molar-refractivity contribution in [2.75, 3.05) is 11.9 Å². The molecule has 0 radical (unpaired) electrons. The Bertz CT molecular complexity index is 678. The molecular weight excluding hydrogens is 382 g/mol. The van der Waals surface area contributed by atoms with Crippen molar-refractivity contribution in [2.45, 2.75) is 6.92 Å². The van der Waals surface area contributed by atoms with Crippen molar-refractivity contribution in [3.63, 3.8) is 0 Å². The molecule has 120 valence electrons. The molecular formula is C15H14BrN3O3S. The van der Waals surface area contributed by atoms with Gasteiger partial charge in [-0.15, -0.1) is 0 Å². The Morgan fingerprint density at radius 3 is 2.61 bits per heavy atom. The summed E-state index contributed by atoms with van der Waals surface area (Å²) in [4.78, 5) is 22.7. The molecule has 1 rings (SSSR count). The number of thioether (sulfide) groups is 1. The number of amides is 1. The molecule has 0 heterocycles. The Hall–Kier alpha value is -2.24. The fraction of sp³-hybridized carbons (Fsp3) is 0.133. The monoisotopic (exact) mass is 395 g/mol. The molecule has 23 heavy (non-hydrogen) atoms. The number of nitriles is 1. The molecule has 0 spiro atoms. The van der Waals surface area contributed by atoms with Gasteiger partial charge in [-0.2, -0.15) is 5.26 Å². The molecule has 0 aliphatic rings. The molecule has 1 amide bonds. The molecule has 1 aromatic carbocycles. The van der Waals surface area contributed by atoms with Gasteiger partial charge in [-0.05, 0) is 36.6 Å². The van der Waals surface area contributed by atoms with Crippen molar-refractivity contribution in [3.05, 3.63) is 50.8 Å². The van der Waals surface area contributed by atoms with Crippen LogP contribution in [0.4, 0.5) is 5.69 Å². The Kier molecular flexibility index (Phi) is 7.94. The number of nitrogens with zero attached hydrogens (tertiary/aromatic N) is 1. The topological polar surface area (TPSA) is 105 Å². The summed E-state index contributed by atoms with van der Waals surface area (Å²) in [7, 11) is 0. The molecule has 0 unspecified atom stereocenters. The van der Waals surface area contributed by atoms with Gasteiger partial charge in [0.05, 0.1) is 6.61 Å². The van der Waals surface area contributed by atoms with E-state index in [4.69, 9.17) is 15.7 Å². The summed E-state index contributed by atoms with van der Waals surface area (Å²) < 4.78 is 5.64. The van der Waals surface area contributed by atoms with Crippen LogP contribution in [0.15, 0.2) is 50.8 Å². The van der Waals surface area contributed by atoms with Gasteiger partial charge >= 0.3 is 5.97 Å². The molecule has 0 bridgehead atoms. The number of rotatable bonds is 7. The van der Waals surface area contributed by atoms with E-state index in [1.807, 2.05) is 0 Å². The largest absolute Gasteiger partial charge is 0.463 e. The maximum atomic E-state index is 11.4. The van der Waals surface area contributed by atoms with Crippen LogP contribution in [0.25, 0.3) is 0 Å². The minimum absolute atomic E-state index is 0.225. The first kappa shape index (κ1) is 18.8. The van der Waals surface area contributed by atoms with E-state index >= 15 is 0 Å². The second-order valence-corrected chi connectivity index (χ2v) is 5.82. The van der Waals surface area contributed by atoms with E-state index in [0.717, 1.165) is 16.2 Å². The average Bonchev–Trinajstić information content (AvgIpc) is 2.50. The maximum absolute atomic E-state index is 11.4. The fourth-order valence-electron chi connectivity index (χ4n) is 1.38. The average molecular weight is 396 g/mol. The normalized spacial score (nSPS) is 11.5. The fourth-order valence-corrected chi connectivity index (χ4v) is 2.40. The van der Waals surface area contributed by atoms with Crippen LogP contribution >= 0.6 is 27.7 Å². The zero-order chi connectivity index (χ0) is 17.2. The van der Waals surface area contributed by atoms with Crippen LogP contribution in [0.1, 0.15) is 6.92 Å². The highest BCUT2D eigenvalue weighted by Crippen LogP contribution is 2.24. The minimum atomic E-state index is -0.857. The highest BCUT2D eigenvalue weighted by Gasteiger charge is 2.13. The van der Waals surface area contributed by atoms with Gasteiger partial charge < -0.3 is 15.8 Å². The van der Waals surface area contributed by atoms with Crippen LogP contribution in [0.5, 0.6) is 0 Å². The zero-order valence-corrected chi connectivity index (χ0v) is 14.6. The van der Waals surface area contributed by atoms with E-state index in [0.29, 0.717) is 5.69 Å². The number of benzene rings is 1. The summed E-state index contributed by atoms with van der Waals surface area (Å²) in [6.07, 6.45) is 1.20. The van der Waals surface area contributed by atoms with Crippen molar-refractivity contribution < 1.29 is 14.3 Å². The van der Waals surface area contributed by atoms with E-state index in [2.05, 4.69) is 21.2 Å². The van der Waals surface area contributed by atoms with E-state index in [-0.39, 0.29) is 17.2 Å². The number of esters is 1. The highest BCUT2D eigenvalue weighted by atomic mass is 79.9. The predicted molar refractivity (Wildman–Crippen MR) is 93.0 cm³/mol. The Morgan fingerprint density at radius 2 is 2.09 bits per heavy atom. The van der Waals surface area contributed by atoms with Gasteiger partial charge in [0.25, 0.3) is 5.91 Å². The number of halogens is 1. The number of carbonyl (C=O) groups excluding carboxylic acids is 2. The second-order valence-electron chi connectivity index (χ2n) is 3.98. The van der Waals surface area contributed by atoms with Crippen LogP contribution in [0.3, 0.4) is 0 Å². The SMILES string of the molecule is CCOC(=O)/C=C\S/C(Nc1ccc(Br)cc1)=C(/C#N)C(N)=O. The summed E-state index contributed by atoms with van der Waals surface area (Å²) in [5.74, 6) is -1.37. The van der Waals surface area contributed by atoms with Gasteiger partial charge in [0.15, 0.2) is 0 Å². The first-order valence-electron chi connectivity index (χ1n) is 6.44. The van der Waals surface area contributed by atoms with E-state index in [9.17, 15) is 9.59 Å². The predicted octanol–water partition coefficient (Wildman–Crippen LogP) is 2.89. The number of hydrogen-bond acceptors (Lipinski definition) is 6. The van der Waals surface area contributed by atoms with E-state index in [1.54, 1.807) is 37.3 Å². The van der Waals surface area contributed by atoms with E-state index < -0.39 is 11.9 Å². The van der Waals surface area contributed by atoms with Gasteiger partial charge in [0, 0.05) is 16.2 Å². The number of nitrogens with two attached hydrogens (primary N) is 1. The summed E-state index contributed by atoms with van der Waals surface area (Å²) >= 11 is 4.30. The van der Waals surface area contributed by atoms with Crippen molar-refractivity contribution in [1.29, 1.82) is 5.26 Å². The molecule has 0 aliphatic carbocycles. The van der Waals surface area contributed by atoms with Gasteiger partial charge in [-0.1, -0.05) is 27.7 Å². The molecule has 0 aromatic heterocycles. The van der Waals surface area contributed by atoms with Crippen molar-refractivity contribution in [3.8, 4) is 6.07 Å². The molecule has 0 saturated carbocycles. The lowest BCUT2D eigenvalue weighted by Gasteiger charge is -2.10. The summed E-state index contributed by atoms with van der Waals surface area (Å²) in [6, 6.07) is 8.88. The lowest BCUT2D eigenvalue weighted by Crippen LogP contribution is -2.16. The maximum Gasteiger partial charge on any atom is 0.331 e. The molecule has 8 heteroatoms. The Labute approximate surface area is 146 Å². The van der Waals surface area contributed by atoms with Crippen molar-refractivity contribution >= 4 is 45.3 Å². The number of carbonyl (C=O) groups is 2. The number of anilines is 1. The number of ether oxygens (including phenoxy) is 1. The van der Waals surface area contributed by atoms with Gasteiger partial charge in [-0.3, -0.25) is 4.79 Å². The van der Waals surface area contributed by atoms with Crippen molar-refractivity contribution in [2.24, 2.45) is 5.73 Å². The zero-order valence-electron chi connectivity index (χ0n) is 12.2. The summed E-state index contributed by atoms with van der Waals surface area (Å²) in [5.41, 5.74) is 5.64. The van der Waals surface area contributed by atoms with Gasteiger partial charge in [0.2, 0.25) is 0 Å². The smallest absolute Gasteiger partial charge is 0.331 e. The Morgan fingerprint density at radius 1 is 1.43 bits per heavy atom. The molecule has 0 fully saturated rings. The first-order valence-corrected chi connectivity index (χ1v) is 8.12. The van der Waals surface area contributed by atoms with Crippen molar-refractivity contribution in [1.82, 2.24) is 0 Å². The molecule has 1 aromatic rings. The van der Waals surface area contributed by atoms with Crippen LogP contribution < -0.4 is 11.1 Å². The van der Waals surface area contributed by atoms with Crippen LogP contribution in [-0.4, -0.2) is 18.5 Å². The Balaban J connectivity index is 2.99. The number of hydrogen-bond donors (Lipinski definition) is 2. The highest BCUT2D eigenvalue weighted by molar-refractivity contribution is 9.10. The number of primary amides is 1. The quantitative estimate of drug-likeness (QED) is 0.417. The summed E-state index contributed by atoms with van der Waals surface area (Å²) in [5, 5.41) is 13.7. The van der Waals surface area contributed by atoms with Crippen LogP contribution in [0, 0.1) is 11.3 Å². The van der Waals surface area contributed by atoms with Gasteiger partial charge in [-0.25, -0.2) is 4.79 Å². The third kappa shape index (κ3) is 6.59. The standard InChI is InChI=1S/C15H14BrN3O3S/c1-2-22-13(20)7-8-23-15(12(9-17)14(18)21)19-11-5-3-10(16)4-6-11/h3-8,19H,2H2,1H3,(H2,18,21)/b8-7-,15-12-. The molecule has 0 aliphatic heterocycles. The van der Waals surface area contributed by atoms with Crippen LogP contribution in [-0.2, 0) is 14.3 Å². The molecule has 3 N–H and O–H groups in total. The molecule has 0 saturated heterocycles. The van der Waals surface area contributed by atoms with Crippen LogP contribution in [0.2, 0.25) is 0 Å². The number of nitrogens with one attached hydrogen (secondary N) is 1. The molecule has 6 nitrogen and oxygen atoms in total. The first-order chi connectivity index (χ1) is 11.0. The second kappa shape index (κ2) is 9.71. The molecule has 0 atom stereocenters. The minimum Gasteiger partial charge on any atom is -0.463 e. The lowest BCUT2D eigenvalue weighted by atomic mass is 10.3. The van der Waals surface area contributed by atoms with Gasteiger partial charge in [0.1, 0.15) is 16.7 Å². The summed E-state index contributed by atoms with van der Waals surface area (Å²) in [6.45, 7) is 1.96. The third-order valence-electron chi connectivity index (χ3n) is 2.36.